The Kier molecular flexibility index (Phi) is 3.06. The zero-order valence-corrected chi connectivity index (χ0v) is 8.96. The Morgan fingerprint density at radius 3 is 2.79 bits per heavy atom. The lowest BCUT2D eigenvalue weighted by molar-refractivity contribution is -0.129. The SMILES string of the molecule is CN1CC(C2CCCC2)NCCC1=O. The number of rotatable bonds is 1. The molecule has 1 N–H and O–H groups in total. The topological polar surface area (TPSA) is 32.3 Å². The van der Waals surface area contributed by atoms with E-state index >= 15 is 0 Å². The number of hydrogen-bond acceptors (Lipinski definition) is 2. The first kappa shape index (κ1) is 9.97. The fourth-order valence-corrected chi connectivity index (χ4v) is 2.69. The van der Waals surface area contributed by atoms with Crippen LogP contribution in [0.3, 0.4) is 0 Å². The molecule has 0 aromatic carbocycles. The van der Waals surface area contributed by atoms with Crippen molar-refractivity contribution in [2.45, 2.75) is 38.1 Å². The smallest absolute Gasteiger partial charge is 0.223 e. The molecule has 2 fully saturated rings. The number of hydrogen-bond donors (Lipinski definition) is 1. The molecule has 14 heavy (non-hydrogen) atoms. The highest BCUT2D eigenvalue weighted by atomic mass is 16.2. The monoisotopic (exact) mass is 196 g/mol. The molecule has 1 heterocycles. The summed E-state index contributed by atoms with van der Waals surface area (Å²) in [7, 11) is 1.93. The molecule has 1 amide bonds. The van der Waals surface area contributed by atoms with E-state index in [1.165, 1.54) is 25.7 Å². The predicted molar refractivity (Wildman–Crippen MR) is 56.0 cm³/mol. The van der Waals surface area contributed by atoms with Gasteiger partial charge in [0.15, 0.2) is 0 Å². The third-order valence-corrected chi connectivity index (χ3v) is 3.61. The van der Waals surface area contributed by atoms with Crippen molar-refractivity contribution in [2.24, 2.45) is 5.92 Å². The van der Waals surface area contributed by atoms with Crippen molar-refractivity contribution in [3.63, 3.8) is 0 Å². The Hall–Kier alpha value is -0.570. The van der Waals surface area contributed by atoms with Crippen LogP contribution in [0.25, 0.3) is 0 Å². The van der Waals surface area contributed by atoms with Crippen molar-refractivity contribution in [1.82, 2.24) is 10.2 Å². The molecular formula is C11H20N2O. The first-order chi connectivity index (χ1) is 6.77. The molecule has 0 aromatic heterocycles. The van der Waals surface area contributed by atoms with Crippen LogP contribution in [0.5, 0.6) is 0 Å². The quantitative estimate of drug-likeness (QED) is 0.678. The molecule has 0 aromatic rings. The van der Waals surface area contributed by atoms with Crippen LogP contribution in [0.1, 0.15) is 32.1 Å². The highest BCUT2D eigenvalue weighted by molar-refractivity contribution is 5.76. The maximum absolute atomic E-state index is 11.5. The Balaban J connectivity index is 1.94. The van der Waals surface area contributed by atoms with Crippen LogP contribution in [-0.2, 0) is 4.79 Å². The molecule has 1 atom stereocenters. The zero-order chi connectivity index (χ0) is 9.97. The van der Waals surface area contributed by atoms with Crippen LogP contribution in [0.2, 0.25) is 0 Å². The van der Waals surface area contributed by atoms with E-state index in [0.29, 0.717) is 12.5 Å². The van der Waals surface area contributed by atoms with Gasteiger partial charge in [-0.15, -0.1) is 0 Å². The number of carbonyl (C=O) groups excluding carboxylic acids is 1. The summed E-state index contributed by atoms with van der Waals surface area (Å²) in [5.41, 5.74) is 0. The molecule has 3 nitrogen and oxygen atoms in total. The third-order valence-electron chi connectivity index (χ3n) is 3.61. The standard InChI is InChI=1S/C11H20N2O/c1-13-8-10(9-4-2-3-5-9)12-7-6-11(13)14/h9-10,12H,2-8H2,1H3. The number of likely N-dealkylation sites (N-methyl/N-ethyl adjacent to an activating group) is 1. The van der Waals surface area contributed by atoms with E-state index < -0.39 is 0 Å². The van der Waals surface area contributed by atoms with Crippen molar-refractivity contribution in [1.29, 1.82) is 0 Å². The van der Waals surface area contributed by atoms with Crippen LogP contribution in [0.4, 0.5) is 0 Å². The second-order valence-corrected chi connectivity index (χ2v) is 4.63. The van der Waals surface area contributed by atoms with E-state index in [-0.39, 0.29) is 5.91 Å². The molecule has 1 unspecified atom stereocenters. The second kappa shape index (κ2) is 4.30. The van der Waals surface area contributed by atoms with Gasteiger partial charge in [-0.25, -0.2) is 0 Å². The minimum Gasteiger partial charge on any atom is -0.344 e. The summed E-state index contributed by atoms with van der Waals surface area (Å²) in [6.07, 6.45) is 6.11. The van der Waals surface area contributed by atoms with E-state index in [0.717, 1.165) is 19.0 Å². The molecular weight excluding hydrogens is 176 g/mol. The predicted octanol–water partition coefficient (Wildman–Crippen LogP) is 0.997. The fourth-order valence-electron chi connectivity index (χ4n) is 2.69. The first-order valence-corrected chi connectivity index (χ1v) is 5.75. The normalized spacial score (nSPS) is 30.8. The lowest BCUT2D eigenvalue weighted by Crippen LogP contribution is -2.41. The van der Waals surface area contributed by atoms with Crippen LogP contribution in [-0.4, -0.2) is 37.0 Å². The van der Waals surface area contributed by atoms with Gasteiger partial charge in [0.2, 0.25) is 5.91 Å². The molecule has 1 saturated heterocycles. The number of nitrogens with zero attached hydrogens (tertiary/aromatic N) is 1. The Labute approximate surface area is 85.8 Å². The molecule has 2 aliphatic rings. The van der Waals surface area contributed by atoms with Crippen molar-refractivity contribution >= 4 is 5.91 Å². The molecule has 0 spiro atoms. The zero-order valence-electron chi connectivity index (χ0n) is 8.96. The largest absolute Gasteiger partial charge is 0.344 e. The van der Waals surface area contributed by atoms with E-state index in [9.17, 15) is 4.79 Å². The molecule has 1 aliphatic heterocycles. The first-order valence-electron chi connectivity index (χ1n) is 5.75. The lowest BCUT2D eigenvalue weighted by atomic mass is 9.98. The van der Waals surface area contributed by atoms with Gasteiger partial charge in [0.05, 0.1) is 0 Å². The molecule has 1 saturated carbocycles. The van der Waals surface area contributed by atoms with Gasteiger partial charge in [-0.2, -0.15) is 0 Å². The Bertz CT molecular complexity index is 211. The lowest BCUT2D eigenvalue weighted by Gasteiger charge is -2.25. The van der Waals surface area contributed by atoms with E-state index in [2.05, 4.69) is 5.32 Å². The van der Waals surface area contributed by atoms with Crippen LogP contribution >= 0.6 is 0 Å². The minimum atomic E-state index is 0.290. The summed E-state index contributed by atoms with van der Waals surface area (Å²) >= 11 is 0. The van der Waals surface area contributed by atoms with Gasteiger partial charge in [0, 0.05) is 32.6 Å². The van der Waals surface area contributed by atoms with Gasteiger partial charge in [-0.3, -0.25) is 4.79 Å². The third kappa shape index (κ3) is 2.08. The van der Waals surface area contributed by atoms with Gasteiger partial charge in [-0.1, -0.05) is 12.8 Å². The van der Waals surface area contributed by atoms with Crippen molar-refractivity contribution in [3.05, 3.63) is 0 Å². The maximum atomic E-state index is 11.5. The van der Waals surface area contributed by atoms with Crippen molar-refractivity contribution < 1.29 is 4.79 Å². The van der Waals surface area contributed by atoms with Crippen LogP contribution < -0.4 is 5.32 Å². The van der Waals surface area contributed by atoms with Crippen LogP contribution in [0.15, 0.2) is 0 Å². The molecule has 1 aliphatic carbocycles. The maximum Gasteiger partial charge on any atom is 0.223 e. The van der Waals surface area contributed by atoms with E-state index in [1.54, 1.807) is 0 Å². The summed E-state index contributed by atoms with van der Waals surface area (Å²) in [6, 6.07) is 0.550. The van der Waals surface area contributed by atoms with Gasteiger partial charge in [0.25, 0.3) is 0 Å². The minimum absolute atomic E-state index is 0.290. The second-order valence-electron chi connectivity index (χ2n) is 4.63. The van der Waals surface area contributed by atoms with E-state index in [1.807, 2.05) is 11.9 Å². The Morgan fingerprint density at radius 1 is 1.36 bits per heavy atom. The van der Waals surface area contributed by atoms with Gasteiger partial charge in [-0.05, 0) is 18.8 Å². The summed E-state index contributed by atoms with van der Waals surface area (Å²) < 4.78 is 0. The number of amides is 1. The van der Waals surface area contributed by atoms with Crippen molar-refractivity contribution in [3.8, 4) is 0 Å². The molecule has 2 rings (SSSR count). The summed E-state index contributed by atoms with van der Waals surface area (Å²) in [5.74, 6) is 1.10. The average molecular weight is 196 g/mol. The van der Waals surface area contributed by atoms with Gasteiger partial charge >= 0.3 is 0 Å². The van der Waals surface area contributed by atoms with E-state index in [4.69, 9.17) is 0 Å². The molecule has 0 bridgehead atoms. The summed E-state index contributed by atoms with van der Waals surface area (Å²) in [4.78, 5) is 13.4. The number of carbonyl (C=O) groups is 1. The fraction of sp³-hybridized carbons (Fsp3) is 0.909. The average Bonchev–Trinajstić information content (AvgIpc) is 2.63. The molecule has 0 radical (unpaired) electrons. The van der Waals surface area contributed by atoms with Gasteiger partial charge < -0.3 is 10.2 Å². The highest BCUT2D eigenvalue weighted by Gasteiger charge is 2.28. The molecule has 80 valence electrons. The summed E-state index contributed by atoms with van der Waals surface area (Å²) in [5, 5.41) is 3.52. The number of nitrogens with one attached hydrogen (secondary N) is 1. The van der Waals surface area contributed by atoms with Gasteiger partial charge in [0.1, 0.15) is 0 Å². The molecule has 3 heteroatoms. The summed E-state index contributed by atoms with van der Waals surface area (Å²) in [6.45, 7) is 1.77. The highest BCUT2D eigenvalue weighted by Crippen LogP contribution is 2.28. The Morgan fingerprint density at radius 2 is 2.07 bits per heavy atom. The van der Waals surface area contributed by atoms with Crippen LogP contribution in [0, 0.1) is 5.92 Å². The van der Waals surface area contributed by atoms with Crippen molar-refractivity contribution in [2.75, 3.05) is 20.1 Å².